The summed E-state index contributed by atoms with van der Waals surface area (Å²) in [6.07, 6.45) is -0.0226. The maximum Gasteiger partial charge on any atom is 0.309 e. The van der Waals surface area contributed by atoms with Gasteiger partial charge in [-0.05, 0) is 37.1 Å². The van der Waals surface area contributed by atoms with Crippen LogP contribution in [-0.2, 0) is 14.3 Å². The van der Waals surface area contributed by atoms with Crippen LogP contribution in [0.4, 0.5) is 5.69 Å². The Labute approximate surface area is 196 Å². The van der Waals surface area contributed by atoms with Crippen molar-refractivity contribution in [3.8, 4) is 5.75 Å². The van der Waals surface area contributed by atoms with E-state index in [0.29, 0.717) is 11.3 Å². The molecule has 1 N–H and O–H groups in total. The van der Waals surface area contributed by atoms with E-state index in [1.54, 1.807) is 36.4 Å². The van der Waals surface area contributed by atoms with Gasteiger partial charge < -0.3 is 14.8 Å². The van der Waals surface area contributed by atoms with Crippen molar-refractivity contribution in [1.29, 1.82) is 0 Å². The zero-order valence-corrected chi connectivity index (χ0v) is 18.8. The van der Waals surface area contributed by atoms with Gasteiger partial charge in [-0.3, -0.25) is 19.2 Å². The molecule has 0 fully saturated rings. The topological polar surface area (TPSA) is 98.8 Å². The van der Waals surface area contributed by atoms with Crippen molar-refractivity contribution in [2.45, 2.75) is 20.3 Å². The first-order valence-corrected chi connectivity index (χ1v) is 10.8. The number of carbonyl (C=O) groups excluding carboxylic acids is 4. The van der Waals surface area contributed by atoms with Gasteiger partial charge in [-0.2, -0.15) is 0 Å². The van der Waals surface area contributed by atoms with Crippen molar-refractivity contribution in [2.24, 2.45) is 0 Å². The highest BCUT2D eigenvalue weighted by atomic mass is 16.5. The van der Waals surface area contributed by atoms with E-state index in [2.05, 4.69) is 5.32 Å². The fourth-order valence-electron chi connectivity index (χ4n) is 3.76. The molecule has 1 aliphatic carbocycles. The zero-order valence-electron chi connectivity index (χ0n) is 18.8. The summed E-state index contributed by atoms with van der Waals surface area (Å²) in [7, 11) is 0. The van der Waals surface area contributed by atoms with E-state index in [0.717, 1.165) is 11.1 Å². The highest BCUT2D eigenvalue weighted by Crippen LogP contribution is 2.31. The molecule has 3 aromatic carbocycles. The molecule has 0 saturated carbocycles. The van der Waals surface area contributed by atoms with E-state index in [1.807, 2.05) is 32.0 Å². The molecule has 0 aromatic heterocycles. The lowest BCUT2D eigenvalue weighted by molar-refractivity contribution is -0.147. The third kappa shape index (κ3) is 4.73. The molecule has 0 radical (unpaired) electrons. The molecule has 0 heterocycles. The van der Waals surface area contributed by atoms with E-state index >= 15 is 0 Å². The number of nitrogens with one attached hydrogen (secondary N) is 1. The Morgan fingerprint density at radius 2 is 1.56 bits per heavy atom. The van der Waals surface area contributed by atoms with Gasteiger partial charge in [-0.1, -0.05) is 48.5 Å². The molecule has 1 aliphatic rings. The minimum Gasteiger partial charge on any atom is -0.493 e. The second-order valence-corrected chi connectivity index (χ2v) is 8.01. The van der Waals surface area contributed by atoms with Crippen LogP contribution in [0.25, 0.3) is 0 Å². The largest absolute Gasteiger partial charge is 0.493 e. The van der Waals surface area contributed by atoms with E-state index in [9.17, 15) is 19.2 Å². The first-order chi connectivity index (χ1) is 16.3. The van der Waals surface area contributed by atoms with Gasteiger partial charge >= 0.3 is 5.97 Å². The Balaban J connectivity index is 1.34. The van der Waals surface area contributed by atoms with Crippen LogP contribution in [0.1, 0.15) is 49.4 Å². The Morgan fingerprint density at radius 1 is 0.853 bits per heavy atom. The summed E-state index contributed by atoms with van der Waals surface area (Å²) in [5, 5.41) is 2.58. The van der Waals surface area contributed by atoms with Crippen molar-refractivity contribution in [3.63, 3.8) is 0 Å². The molecule has 4 rings (SSSR count). The molecule has 3 aromatic rings. The van der Waals surface area contributed by atoms with Crippen LogP contribution < -0.4 is 10.1 Å². The minimum absolute atomic E-state index is 0.0226. The summed E-state index contributed by atoms with van der Waals surface area (Å²) in [5.41, 5.74) is 3.18. The second-order valence-electron chi connectivity index (χ2n) is 8.01. The number of rotatable bonds is 7. The molecule has 0 aliphatic heterocycles. The number of benzene rings is 3. The maximum absolute atomic E-state index is 13.0. The van der Waals surface area contributed by atoms with Crippen molar-refractivity contribution in [3.05, 3.63) is 94.0 Å². The maximum atomic E-state index is 13.0. The van der Waals surface area contributed by atoms with Crippen LogP contribution in [-0.4, -0.2) is 36.7 Å². The molecule has 7 heteroatoms. The van der Waals surface area contributed by atoms with Crippen molar-refractivity contribution >= 4 is 29.1 Å². The Hall–Kier alpha value is -4.26. The molecule has 7 nitrogen and oxygen atoms in total. The van der Waals surface area contributed by atoms with Crippen LogP contribution in [0.2, 0.25) is 0 Å². The lowest BCUT2D eigenvalue weighted by Crippen LogP contribution is -2.26. The number of anilines is 1. The number of carbonyl (C=O) groups is 4. The fourth-order valence-corrected chi connectivity index (χ4v) is 3.76. The van der Waals surface area contributed by atoms with Gasteiger partial charge in [0.2, 0.25) is 0 Å². The van der Waals surface area contributed by atoms with Gasteiger partial charge in [0.15, 0.2) is 18.2 Å². The summed E-state index contributed by atoms with van der Waals surface area (Å²) >= 11 is 0. The van der Waals surface area contributed by atoms with Gasteiger partial charge in [0.25, 0.3) is 5.91 Å². The zero-order chi connectivity index (χ0) is 24.2. The molecule has 0 unspecified atom stereocenters. The van der Waals surface area contributed by atoms with Gasteiger partial charge in [0, 0.05) is 16.7 Å². The Morgan fingerprint density at radius 3 is 2.32 bits per heavy atom. The van der Waals surface area contributed by atoms with E-state index in [-0.39, 0.29) is 47.0 Å². The van der Waals surface area contributed by atoms with Gasteiger partial charge in [-0.25, -0.2) is 0 Å². The van der Waals surface area contributed by atoms with Gasteiger partial charge in [-0.15, -0.1) is 0 Å². The number of ketones is 2. The predicted molar refractivity (Wildman–Crippen MR) is 125 cm³/mol. The summed E-state index contributed by atoms with van der Waals surface area (Å²) in [5.74, 6) is -1.13. The fraction of sp³-hybridized carbons (Fsp3) is 0.185. The molecule has 1 amide bonds. The highest BCUT2D eigenvalue weighted by molar-refractivity contribution is 6.30. The second kappa shape index (κ2) is 9.70. The summed E-state index contributed by atoms with van der Waals surface area (Å²) in [6.45, 7) is 3.46. The first-order valence-electron chi connectivity index (χ1n) is 10.8. The number of ether oxygens (including phenoxy) is 2. The number of esters is 1. The molecule has 0 saturated heterocycles. The molecule has 0 bridgehead atoms. The minimum atomic E-state index is -0.615. The highest BCUT2D eigenvalue weighted by Gasteiger charge is 2.31. The number of hydrogen-bond acceptors (Lipinski definition) is 6. The Kier molecular flexibility index (Phi) is 6.54. The predicted octanol–water partition coefficient (Wildman–Crippen LogP) is 4.03. The summed E-state index contributed by atoms with van der Waals surface area (Å²) in [6, 6.07) is 17.0. The SMILES string of the molecule is Cc1ccc(C)c(OCCC(=O)OCC(=O)Nc2cccc3c2C(=O)c2ccccc2C3=O)c1. The number of amides is 1. The van der Waals surface area contributed by atoms with Gasteiger partial charge in [0.05, 0.1) is 24.3 Å². The smallest absolute Gasteiger partial charge is 0.309 e. The lowest BCUT2D eigenvalue weighted by Gasteiger charge is -2.20. The van der Waals surface area contributed by atoms with Crippen molar-refractivity contribution < 1.29 is 28.7 Å². The average molecular weight is 457 g/mol. The monoisotopic (exact) mass is 457 g/mol. The number of hydrogen-bond donors (Lipinski definition) is 1. The van der Waals surface area contributed by atoms with Crippen LogP contribution in [0.3, 0.4) is 0 Å². The third-order valence-electron chi connectivity index (χ3n) is 5.50. The van der Waals surface area contributed by atoms with Crippen molar-refractivity contribution in [2.75, 3.05) is 18.5 Å². The van der Waals surface area contributed by atoms with Crippen molar-refractivity contribution in [1.82, 2.24) is 0 Å². The lowest BCUT2D eigenvalue weighted by atomic mass is 9.83. The molecule has 172 valence electrons. The molecule has 0 atom stereocenters. The summed E-state index contributed by atoms with van der Waals surface area (Å²) in [4.78, 5) is 50.2. The number of fused-ring (bicyclic) bond motifs is 2. The van der Waals surface area contributed by atoms with Gasteiger partial charge in [0.1, 0.15) is 5.75 Å². The first kappa shape index (κ1) is 22.9. The van der Waals surface area contributed by atoms with Crippen LogP contribution in [0, 0.1) is 13.8 Å². The summed E-state index contributed by atoms with van der Waals surface area (Å²) < 4.78 is 10.7. The molecular weight excluding hydrogens is 434 g/mol. The third-order valence-corrected chi connectivity index (χ3v) is 5.50. The van der Waals surface area contributed by atoms with Crippen LogP contribution >= 0.6 is 0 Å². The molecule has 0 spiro atoms. The quantitative estimate of drug-likeness (QED) is 0.421. The van der Waals surface area contributed by atoms with Crippen LogP contribution in [0.15, 0.2) is 60.7 Å². The Bertz CT molecular complexity index is 1310. The van der Waals surface area contributed by atoms with E-state index < -0.39 is 18.5 Å². The molecular formula is C27H23NO6. The van der Waals surface area contributed by atoms with Crippen LogP contribution in [0.5, 0.6) is 5.75 Å². The van der Waals surface area contributed by atoms with E-state index in [4.69, 9.17) is 9.47 Å². The number of aryl methyl sites for hydroxylation is 2. The normalized spacial score (nSPS) is 11.9. The standard InChI is InChI=1S/C27H23NO6/c1-16-10-11-17(2)22(14-16)33-13-12-24(30)34-15-23(29)28-21-9-5-8-20-25(21)27(32)19-7-4-3-6-18(19)26(20)31/h3-11,14H,12-13,15H2,1-2H3,(H,28,29). The molecule has 34 heavy (non-hydrogen) atoms. The van der Waals surface area contributed by atoms with E-state index in [1.165, 1.54) is 6.07 Å². The average Bonchev–Trinajstić information content (AvgIpc) is 2.83.